The summed E-state index contributed by atoms with van der Waals surface area (Å²) in [4.78, 5) is 12.4. The normalized spacial score (nSPS) is 35.5. The van der Waals surface area contributed by atoms with Crippen molar-refractivity contribution in [3.05, 3.63) is 0 Å². The molecular formula is C27H52O7Si2. The number of hydrogen-bond acceptors (Lipinski definition) is 7. The Morgan fingerprint density at radius 2 is 1.53 bits per heavy atom. The van der Waals surface area contributed by atoms with Gasteiger partial charge in [-0.2, -0.15) is 0 Å². The molecule has 3 heterocycles. The van der Waals surface area contributed by atoms with E-state index in [1.807, 2.05) is 0 Å². The summed E-state index contributed by atoms with van der Waals surface area (Å²) >= 11 is 0. The summed E-state index contributed by atoms with van der Waals surface area (Å²) < 4.78 is 38.9. The quantitative estimate of drug-likeness (QED) is 0.319. The Morgan fingerprint density at radius 3 is 2.03 bits per heavy atom. The third-order valence-electron chi connectivity index (χ3n) is 8.91. The van der Waals surface area contributed by atoms with Crippen molar-refractivity contribution >= 4 is 22.8 Å². The van der Waals surface area contributed by atoms with Crippen molar-refractivity contribution in [2.45, 2.75) is 147 Å². The van der Waals surface area contributed by atoms with E-state index in [2.05, 4.69) is 82.3 Å². The molecule has 7 atom stereocenters. The maximum atomic E-state index is 12.4. The highest BCUT2D eigenvalue weighted by molar-refractivity contribution is 6.74. The molecule has 7 nitrogen and oxygen atoms in total. The molecule has 3 aliphatic heterocycles. The first-order chi connectivity index (χ1) is 16.2. The minimum atomic E-state index is -2.61. The largest absolute Gasteiger partial charge is 0.469 e. The minimum Gasteiger partial charge on any atom is -0.469 e. The molecule has 0 radical (unpaired) electrons. The predicted octanol–water partition coefficient (Wildman–Crippen LogP) is 5.96. The van der Waals surface area contributed by atoms with Crippen LogP contribution in [-0.4, -0.2) is 73.2 Å². The van der Waals surface area contributed by atoms with E-state index >= 15 is 0 Å². The van der Waals surface area contributed by atoms with Gasteiger partial charge in [0.05, 0.1) is 50.7 Å². The summed E-state index contributed by atoms with van der Waals surface area (Å²) in [6, 6.07) is 0. The Balaban J connectivity index is 1.88. The molecule has 0 N–H and O–H groups in total. The second-order valence-corrected chi connectivity index (χ2v) is 24.2. The van der Waals surface area contributed by atoms with Crippen molar-refractivity contribution in [1.29, 1.82) is 0 Å². The first-order valence-electron chi connectivity index (χ1n) is 13.6. The van der Waals surface area contributed by atoms with E-state index in [-0.39, 0.29) is 70.0 Å². The first-order valence-corrected chi connectivity index (χ1v) is 18.3. The number of carbonyl (C=O) groups is 1. The van der Waals surface area contributed by atoms with Gasteiger partial charge < -0.3 is 27.5 Å². The molecular weight excluding hydrogens is 492 g/mol. The molecule has 0 bridgehead atoms. The van der Waals surface area contributed by atoms with Crippen molar-refractivity contribution in [1.82, 2.24) is 0 Å². The van der Waals surface area contributed by atoms with Crippen LogP contribution in [0.2, 0.25) is 28.2 Å². The van der Waals surface area contributed by atoms with Crippen LogP contribution in [0.3, 0.4) is 0 Å². The minimum absolute atomic E-state index is 0.0385. The standard InChI is InChI=1S/C27H52O7Si2/c1-17-23-19(31-20(15-22(28)29-11)24(17)34-35(12,13)25(2,3)4)14-18-21(32-23)16-30-36(33-18,26(5,6)7)27(8,9)10/h17-21,23-24H,14-16H2,1-13H3/t17-,18+,19-,20-,21+,23-,24?/m0/s1. The van der Waals surface area contributed by atoms with Crippen LogP contribution in [0, 0.1) is 5.92 Å². The first kappa shape index (κ1) is 30.2. The zero-order chi connectivity index (χ0) is 27.5. The second-order valence-electron chi connectivity index (χ2n) is 14.7. The van der Waals surface area contributed by atoms with Crippen LogP contribution >= 0.6 is 0 Å². The van der Waals surface area contributed by atoms with Crippen LogP contribution in [0.5, 0.6) is 0 Å². The molecule has 0 spiro atoms. The summed E-state index contributed by atoms with van der Waals surface area (Å²) in [6.45, 7) is 27.2. The molecule has 210 valence electrons. The van der Waals surface area contributed by atoms with Gasteiger partial charge in [-0.25, -0.2) is 0 Å². The van der Waals surface area contributed by atoms with Crippen molar-refractivity contribution in [2.24, 2.45) is 5.92 Å². The SMILES string of the molecule is COC(=O)C[C@@H]1O[C@H]2C[C@H]3O[Si](C(C)(C)C)(C(C)(C)C)OC[C@H]3O[C@H]2[C@H](C)C1O[Si](C)(C)C(C)(C)C. The lowest BCUT2D eigenvalue weighted by Crippen LogP contribution is -2.69. The number of methoxy groups -OCH3 is 1. The Labute approximate surface area is 221 Å². The van der Waals surface area contributed by atoms with E-state index in [0.29, 0.717) is 6.61 Å². The van der Waals surface area contributed by atoms with Gasteiger partial charge in [-0.05, 0) is 18.1 Å². The molecule has 0 amide bonds. The van der Waals surface area contributed by atoms with Crippen molar-refractivity contribution in [2.75, 3.05) is 13.7 Å². The van der Waals surface area contributed by atoms with Gasteiger partial charge in [0.2, 0.25) is 0 Å². The molecule has 0 aliphatic carbocycles. The van der Waals surface area contributed by atoms with Crippen LogP contribution in [0.25, 0.3) is 0 Å². The molecule has 9 heteroatoms. The number of hydrogen-bond donors (Lipinski definition) is 0. The van der Waals surface area contributed by atoms with E-state index in [4.69, 9.17) is 27.5 Å². The Hall–Kier alpha value is -0.296. The van der Waals surface area contributed by atoms with E-state index in [1.165, 1.54) is 7.11 Å². The van der Waals surface area contributed by atoms with Gasteiger partial charge in [-0.1, -0.05) is 69.2 Å². The monoisotopic (exact) mass is 544 g/mol. The van der Waals surface area contributed by atoms with Gasteiger partial charge in [0.25, 0.3) is 0 Å². The Morgan fingerprint density at radius 1 is 0.944 bits per heavy atom. The number of ether oxygens (including phenoxy) is 3. The van der Waals surface area contributed by atoms with Crippen molar-refractivity contribution in [3.8, 4) is 0 Å². The molecule has 3 aliphatic rings. The highest BCUT2D eigenvalue weighted by atomic mass is 28.4. The maximum Gasteiger partial charge on any atom is 0.349 e. The molecule has 0 saturated carbocycles. The highest BCUT2D eigenvalue weighted by Crippen LogP contribution is 2.55. The molecule has 3 fully saturated rings. The van der Waals surface area contributed by atoms with Crippen LogP contribution in [-0.2, 0) is 32.3 Å². The molecule has 0 aromatic rings. The second kappa shape index (κ2) is 10.0. The lowest BCUT2D eigenvalue weighted by Gasteiger charge is -2.58. The van der Waals surface area contributed by atoms with Gasteiger partial charge in [-0.15, -0.1) is 0 Å². The number of carbonyl (C=O) groups excluding carboxylic acids is 1. The fourth-order valence-electron chi connectivity index (χ4n) is 6.06. The lowest BCUT2D eigenvalue weighted by molar-refractivity contribution is -0.273. The smallest absolute Gasteiger partial charge is 0.349 e. The van der Waals surface area contributed by atoms with Crippen molar-refractivity contribution < 1.29 is 32.3 Å². The summed E-state index contributed by atoms with van der Waals surface area (Å²) in [7, 11) is -3.31. The van der Waals surface area contributed by atoms with E-state index in [0.717, 1.165) is 6.42 Å². The molecule has 3 saturated heterocycles. The van der Waals surface area contributed by atoms with E-state index < -0.39 is 16.9 Å². The number of fused-ring (bicyclic) bond motifs is 2. The third-order valence-corrected chi connectivity index (χ3v) is 18.5. The molecule has 0 aromatic carbocycles. The molecule has 1 unspecified atom stereocenters. The van der Waals surface area contributed by atoms with Crippen molar-refractivity contribution in [3.63, 3.8) is 0 Å². The summed E-state index contributed by atoms with van der Waals surface area (Å²) in [6.07, 6.45) is -0.248. The van der Waals surface area contributed by atoms with Gasteiger partial charge >= 0.3 is 14.5 Å². The maximum absolute atomic E-state index is 12.4. The Bertz CT molecular complexity index is 781. The van der Waals surface area contributed by atoms with Gasteiger partial charge in [-0.3, -0.25) is 4.79 Å². The van der Waals surface area contributed by atoms with E-state index in [1.54, 1.807) is 0 Å². The summed E-state index contributed by atoms with van der Waals surface area (Å²) in [5.74, 6) is -0.221. The lowest BCUT2D eigenvalue weighted by atomic mass is 9.82. The molecule has 36 heavy (non-hydrogen) atoms. The summed E-state index contributed by atoms with van der Waals surface area (Å²) in [5.41, 5.74) is 0. The average Bonchev–Trinajstić information content (AvgIpc) is 2.72. The average molecular weight is 545 g/mol. The summed E-state index contributed by atoms with van der Waals surface area (Å²) in [5, 5.41) is -0.149. The fourth-order valence-corrected chi connectivity index (χ4v) is 12.4. The van der Waals surface area contributed by atoms with Crippen LogP contribution in [0.15, 0.2) is 0 Å². The molecule has 3 rings (SSSR count). The Kier molecular flexibility index (Phi) is 8.42. The van der Waals surface area contributed by atoms with Gasteiger partial charge in [0, 0.05) is 22.4 Å². The molecule has 0 aromatic heterocycles. The zero-order valence-electron chi connectivity index (χ0n) is 25.0. The van der Waals surface area contributed by atoms with Crippen LogP contribution < -0.4 is 0 Å². The topological polar surface area (TPSA) is 72.5 Å². The zero-order valence-corrected chi connectivity index (χ0v) is 27.0. The van der Waals surface area contributed by atoms with Gasteiger partial charge in [0.1, 0.15) is 6.10 Å². The third kappa shape index (κ3) is 5.53. The van der Waals surface area contributed by atoms with Crippen LogP contribution in [0.4, 0.5) is 0 Å². The van der Waals surface area contributed by atoms with Gasteiger partial charge in [0.15, 0.2) is 8.32 Å². The van der Waals surface area contributed by atoms with Crippen LogP contribution in [0.1, 0.15) is 82.1 Å². The highest BCUT2D eigenvalue weighted by Gasteiger charge is 2.64. The van der Waals surface area contributed by atoms with E-state index in [9.17, 15) is 4.79 Å². The number of esters is 1. The number of rotatable bonds is 4. The predicted molar refractivity (Wildman–Crippen MR) is 146 cm³/mol. The fraction of sp³-hybridized carbons (Fsp3) is 0.963.